The van der Waals surface area contributed by atoms with E-state index in [1.807, 2.05) is 26.0 Å². The molecule has 1 unspecified atom stereocenters. The van der Waals surface area contributed by atoms with Gasteiger partial charge in [-0.1, -0.05) is 11.6 Å². The first kappa shape index (κ1) is 11.6. The Morgan fingerprint density at radius 1 is 1.38 bits per heavy atom. The fourth-order valence-electron chi connectivity index (χ4n) is 2.00. The molecule has 2 rings (SSSR count). The predicted octanol–water partition coefficient (Wildman–Crippen LogP) is 3.32. The van der Waals surface area contributed by atoms with Gasteiger partial charge >= 0.3 is 0 Å². The van der Waals surface area contributed by atoms with Gasteiger partial charge in [0.25, 0.3) is 0 Å². The van der Waals surface area contributed by atoms with Crippen molar-refractivity contribution >= 4 is 17.4 Å². The number of carbonyl (C=O) groups is 1. The molecule has 3 heteroatoms. The Bertz CT molecular complexity index is 420. The molecule has 1 aromatic rings. The Balaban J connectivity index is 2.32. The highest BCUT2D eigenvalue weighted by molar-refractivity contribution is 6.31. The van der Waals surface area contributed by atoms with E-state index in [0.717, 1.165) is 29.5 Å². The van der Waals surface area contributed by atoms with Crippen molar-refractivity contribution in [3.05, 3.63) is 33.8 Å². The summed E-state index contributed by atoms with van der Waals surface area (Å²) in [6.07, 6.45) is 1.56. The first-order chi connectivity index (χ1) is 7.59. The topological polar surface area (TPSA) is 26.3 Å². The van der Waals surface area contributed by atoms with Crippen LogP contribution in [0.3, 0.4) is 0 Å². The lowest BCUT2D eigenvalue weighted by Crippen LogP contribution is -2.20. The fraction of sp³-hybridized carbons (Fsp3) is 0.462. The van der Waals surface area contributed by atoms with Crippen LogP contribution in [0.2, 0.25) is 5.02 Å². The van der Waals surface area contributed by atoms with Crippen LogP contribution in [0.25, 0.3) is 0 Å². The normalized spacial score (nSPS) is 20.1. The molecule has 1 aliphatic rings. The Labute approximate surface area is 101 Å². The van der Waals surface area contributed by atoms with Crippen LogP contribution in [0.15, 0.2) is 12.1 Å². The molecule has 1 aromatic carbocycles. The third-order valence-corrected chi connectivity index (χ3v) is 3.40. The molecule has 0 radical (unpaired) electrons. The molecule has 1 atom stereocenters. The zero-order valence-corrected chi connectivity index (χ0v) is 10.3. The van der Waals surface area contributed by atoms with Crippen LogP contribution in [0, 0.1) is 13.8 Å². The van der Waals surface area contributed by atoms with E-state index in [0.29, 0.717) is 11.6 Å². The molecule has 1 saturated heterocycles. The molecule has 1 aliphatic heterocycles. The van der Waals surface area contributed by atoms with Crippen LogP contribution in [-0.2, 0) is 4.74 Å². The van der Waals surface area contributed by atoms with Crippen molar-refractivity contribution in [3.8, 4) is 0 Å². The summed E-state index contributed by atoms with van der Waals surface area (Å²) in [6.45, 7) is 4.52. The number of ether oxygens (including phenoxy) is 1. The largest absolute Gasteiger partial charge is 0.370 e. The van der Waals surface area contributed by atoms with Crippen LogP contribution >= 0.6 is 11.6 Å². The highest BCUT2D eigenvalue weighted by Gasteiger charge is 2.26. The van der Waals surface area contributed by atoms with Gasteiger partial charge < -0.3 is 4.74 Å². The molecule has 0 N–H and O–H groups in total. The Hall–Kier alpha value is -0.860. The molecule has 1 heterocycles. The van der Waals surface area contributed by atoms with Crippen LogP contribution in [0.4, 0.5) is 0 Å². The van der Waals surface area contributed by atoms with Gasteiger partial charge in [-0.3, -0.25) is 4.79 Å². The lowest BCUT2D eigenvalue weighted by molar-refractivity contribution is 0.0642. The molecule has 0 bridgehead atoms. The van der Waals surface area contributed by atoms with Gasteiger partial charge in [-0.05, 0) is 49.9 Å². The first-order valence-electron chi connectivity index (χ1n) is 5.52. The van der Waals surface area contributed by atoms with Crippen molar-refractivity contribution < 1.29 is 9.53 Å². The zero-order chi connectivity index (χ0) is 11.7. The number of benzene rings is 1. The second-order valence-electron chi connectivity index (χ2n) is 4.28. The quantitative estimate of drug-likeness (QED) is 0.739. The van der Waals surface area contributed by atoms with E-state index >= 15 is 0 Å². The van der Waals surface area contributed by atoms with Gasteiger partial charge in [-0.15, -0.1) is 0 Å². The van der Waals surface area contributed by atoms with E-state index < -0.39 is 0 Å². The van der Waals surface area contributed by atoms with Crippen molar-refractivity contribution in [1.82, 2.24) is 0 Å². The van der Waals surface area contributed by atoms with Gasteiger partial charge in [0.15, 0.2) is 5.78 Å². The van der Waals surface area contributed by atoms with Gasteiger partial charge in [-0.2, -0.15) is 0 Å². The third kappa shape index (κ3) is 2.13. The van der Waals surface area contributed by atoms with Crippen LogP contribution in [0.5, 0.6) is 0 Å². The van der Waals surface area contributed by atoms with Gasteiger partial charge in [0.05, 0.1) is 0 Å². The minimum absolute atomic E-state index is 0.0924. The maximum atomic E-state index is 12.2. The molecule has 86 valence electrons. The summed E-state index contributed by atoms with van der Waals surface area (Å²) in [5.74, 6) is 0.0924. The lowest BCUT2D eigenvalue weighted by Gasteiger charge is -2.12. The standard InChI is InChI=1S/C13H15ClO2/c1-8-7-11(14)9(2)6-10(8)13(15)12-4-3-5-16-12/h6-7,12H,3-5H2,1-2H3. The number of carbonyl (C=O) groups excluding carboxylic acids is 1. The average Bonchev–Trinajstić information content (AvgIpc) is 2.75. The molecule has 1 fully saturated rings. The molecule has 0 spiro atoms. The van der Waals surface area contributed by atoms with E-state index in [2.05, 4.69) is 0 Å². The molecule has 0 aromatic heterocycles. The van der Waals surface area contributed by atoms with Gasteiger partial charge in [0.1, 0.15) is 6.10 Å². The highest BCUT2D eigenvalue weighted by Crippen LogP contribution is 2.24. The van der Waals surface area contributed by atoms with Crippen molar-refractivity contribution in [3.63, 3.8) is 0 Å². The number of aryl methyl sites for hydroxylation is 2. The number of ketones is 1. The summed E-state index contributed by atoms with van der Waals surface area (Å²) in [7, 11) is 0. The first-order valence-corrected chi connectivity index (χ1v) is 5.90. The van der Waals surface area contributed by atoms with Gasteiger partial charge in [0.2, 0.25) is 0 Å². The van der Waals surface area contributed by atoms with Crippen molar-refractivity contribution in [1.29, 1.82) is 0 Å². The molecule has 0 saturated carbocycles. The summed E-state index contributed by atoms with van der Waals surface area (Å²) >= 11 is 6.01. The van der Waals surface area contributed by atoms with Gasteiger partial charge in [0, 0.05) is 17.2 Å². The van der Waals surface area contributed by atoms with E-state index in [-0.39, 0.29) is 11.9 Å². The minimum atomic E-state index is -0.251. The van der Waals surface area contributed by atoms with Crippen LogP contribution in [0.1, 0.15) is 34.3 Å². The van der Waals surface area contributed by atoms with Crippen molar-refractivity contribution in [2.75, 3.05) is 6.61 Å². The molecule has 2 nitrogen and oxygen atoms in total. The summed E-state index contributed by atoms with van der Waals surface area (Å²) in [5, 5.41) is 0.710. The van der Waals surface area contributed by atoms with E-state index in [1.165, 1.54) is 0 Å². The maximum Gasteiger partial charge on any atom is 0.191 e. The SMILES string of the molecule is Cc1cc(C(=O)C2CCCO2)c(C)cc1Cl. The number of rotatable bonds is 2. The van der Waals surface area contributed by atoms with Crippen LogP contribution in [-0.4, -0.2) is 18.5 Å². The Morgan fingerprint density at radius 2 is 2.12 bits per heavy atom. The average molecular weight is 239 g/mol. The van der Waals surface area contributed by atoms with E-state index in [1.54, 1.807) is 0 Å². The van der Waals surface area contributed by atoms with Gasteiger partial charge in [-0.25, -0.2) is 0 Å². The van der Waals surface area contributed by atoms with E-state index in [9.17, 15) is 4.79 Å². The molecule has 0 aliphatic carbocycles. The Morgan fingerprint density at radius 3 is 2.75 bits per heavy atom. The fourth-order valence-corrected chi connectivity index (χ4v) is 2.22. The number of Topliss-reactive ketones (excluding diaryl/α,β-unsaturated/α-hetero) is 1. The maximum absolute atomic E-state index is 12.2. The lowest BCUT2D eigenvalue weighted by atomic mass is 9.98. The number of hydrogen-bond acceptors (Lipinski definition) is 2. The van der Waals surface area contributed by atoms with E-state index in [4.69, 9.17) is 16.3 Å². The molecular formula is C13H15ClO2. The van der Waals surface area contributed by atoms with Crippen molar-refractivity contribution in [2.45, 2.75) is 32.8 Å². The Kier molecular flexibility index (Phi) is 3.31. The molecule has 0 amide bonds. The third-order valence-electron chi connectivity index (χ3n) is 2.99. The zero-order valence-electron chi connectivity index (χ0n) is 9.55. The summed E-state index contributed by atoms with van der Waals surface area (Å²) < 4.78 is 5.41. The molecular weight excluding hydrogens is 224 g/mol. The smallest absolute Gasteiger partial charge is 0.191 e. The minimum Gasteiger partial charge on any atom is -0.370 e. The summed E-state index contributed by atoms with van der Waals surface area (Å²) in [4.78, 5) is 12.2. The molecule has 16 heavy (non-hydrogen) atoms. The second-order valence-corrected chi connectivity index (χ2v) is 4.69. The van der Waals surface area contributed by atoms with Crippen molar-refractivity contribution in [2.24, 2.45) is 0 Å². The highest BCUT2D eigenvalue weighted by atomic mass is 35.5. The number of hydrogen-bond donors (Lipinski definition) is 0. The monoisotopic (exact) mass is 238 g/mol. The second kappa shape index (κ2) is 4.56. The number of halogens is 1. The summed E-state index contributed by atoms with van der Waals surface area (Å²) in [5.41, 5.74) is 2.61. The predicted molar refractivity (Wildman–Crippen MR) is 64.2 cm³/mol. The summed E-state index contributed by atoms with van der Waals surface area (Å²) in [6, 6.07) is 3.71. The van der Waals surface area contributed by atoms with Crippen LogP contribution < -0.4 is 0 Å².